The largest absolute Gasteiger partial charge is 0.416 e. The lowest BCUT2D eigenvalue weighted by molar-refractivity contribution is -0.385. The molecule has 7 nitrogen and oxygen atoms in total. The molecule has 0 spiro atoms. The van der Waals surface area contributed by atoms with Crippen molar-refractivity contribution in [1.82, 2.24) is 15.2 Å². The monoisotopic (exact) mass is 352 g/mol. The molecular formula is C15H11F3N4O3. The summed E-state index contributed by atoms with van der Waals surface area (Å²) in [6.07, 6.45) is -5.20. The van der Waals surface area contributed by atoms with Crippen LogP contribution in [0.3, 0.4) is 0 Å². The van der Waals surface area contributed by atoms with E-state index < -0.39 is 22.8 Å². The maximum atomic E-state index is 12.8. The van der Waals surface area contributed by atoms with Crippen LogP contribution in [0.15, 0.2) is 42.5 Å². The molecule has 0 N–H and O–H groups in total. The number of rotatable bonds is 4. The zero-order valence-corrected chi connectivity index (χ0v) is 12.8. The Morgan fingerprint density at radius 1 is 1.24 bits per heavy atom. The highest BCUT2D eigenvalue weighted by atomic mass is 19.4. The molecule has 0 aliphatic heterocycles. The van der Waals surface area contributed by atoms with Crippen LogP contribution in [0.5, 0.6) is 0 Å². The number of hydrogen-bond acceptors (Lipinski definition) is 5. The van der Waals surface area contributed by atoms with E-state index in [4.69, 9.17) is 4.84 Å². The lowest BCUT2D eigenvalue weighted by Gasteiger charge is -2.14. The second kappa shape index (κ2) is 6.04. The zero-order valence-electron chi connectivity index (χ0n) is 12.8. The fourth-order valence-electron chi connectivity index (χ4n) is 2.25. The molecule has 0 amide bonds. The number of hydrogen-bond donors (Lipinski definition) is 0. The Hall–Kier alpha value is -3.17. The Morgan fingerprint density at radius 3 is 2.68 bits per heavy atom. The molecule has 3 aromatic rings. The minimum Gasteiger partial charge on any atom is -0.387 e. The van der Waals surface area contributed by atoms with E-state index in [-0.39, 0.29) is 16.7 Å². The average molecular weight is 352 g/mol. The number of benzene rings is 2. The molecular weight excluding hydrogens is 341 g/mol. The van der Waals surface area contributed by atoms with Gasteiger partial charge in [-0.3, -0.25) is 10.1 Å². The van der Waals surface area contributed by atoms with Gasteiger partial charge in [-0.15, -0.1) is 5.10 Å². The smallest absolute Gasteiger partial charge is 0.387 e. The van der Waals surface area contributed by atoms with E-state index >= 15 is 0 Å². The predicted octanol–water partition coefficient (Wildman–Crippen LogP) is 3.55. The minimum atomic E-state index is -4.51. The molecule has 10 heteroatoms. The normalized spacial score (nSPS) is 13.0. The molecule has 1 atom stereocenters. The van der Waals surface area contributed by atoms with Crippen LogP contribution >= 0.6 is 0 Å². The van der Waals surface area contributed by atoms with Crippen molar-refractivity contribution in [3.63, 3.8) is 0 Å². The van der Waals surface area contributed by atoms with Gasteiger partial charge in [-0.2, -0.15) is 13.2 Å². The average Bonchev–Trinajstić information content (AvgIpc) is 2.96. The van der Waals surface area contributed by atoms with Crippen LogP contribution in [0.2, 0.25) is 0 Å². The maximum absolute atomic E-state index is 12.8. The maximum Gasteiger partial charge on any atom is 0.416 e. The number of halogens is 3. The third-order valence-electron chi connectivity index (χ3n) is 3.55. The summed E-state index contributed by atoms with van der Waals surface area (Å²) in [6.45, 7) is 1.60. The van der Waals surface area contributed by atoms with Crippen molar-refractivity contribution in [3.05, 3.63) is 63.7 Å². The molecule has 0 unspecified atom stereocenters. The van der Waals surface area contributed by atoms with Gasteiger partial charge in [-0.05, 0) is 30.3 Å². The molecule has 0 saturated heterocycles. The van der Waals surface area contributed by atoms with Crippen LogP contribution < -0.4 is 4.84 Å². The van der Waals surface area contributed by atoms with Crippen LogP contribution in [-0.4, -0.2) is 20.1 Å². The molecule has 0 radical (unpaired) electrons. The summed E-state index contributed by atoms with van der Waals surface area (Å²) in [4.78, 5) is 16.7. The summed E-state index contributed by atoms with van der Waals surface area (Å²) < 4.78 is 38.5. The van der Waals surface area contributed by atoms with Crippen LogP contribution in [0.25, 0.3) is 11.0 Å². The van der Waals surface area contributed by atoms with Gasteiger partial charge in [0.05, 0.1) is 10.5 Å². The first kappa shape index (κ1) is 16.7. The van der Waals surface area contributed by atoms with E-state index in [2.05, 4.69) is 10.3 Å². The van der Waals surface area contributed by atoms with Crippen LogP contribution in [0.1, 0.15) is 24.2 Å². The molecule has 130 valence electrons. The highest BCUT2D eigenvalue weighted by molar-refractivity contribution is 5.74. The molecule has 0 saturated carbocycles. The van der Waals surface area contributed by atoms with Gasteiger partial charge in [0.25, 0.3) is 5.69 Å². The number of nitrogens with zero attached hydrogens (tertiary/aromatic N) is 4. The molecule has 1 aromatic heterocycles. The fraction of sp³-hybridized carbons (Fsp3) is 0.200. The molecule has 2 aromatic carbocycles. The molecule has 0 bridgehead atoms. The van der Waals surface area contributed by atoms with Crippen molar-refractivity contribution < 1.29 is 22.9 Å². The Bertz CT molecular complexity index is 939. The van der Waals surface area contributed by atoms with Crippen molar-refractivity contribution >= 4 is 16.7 Å². The summed E-state index contributed by atoms with van der Waals surface area (Å²) in [6, 6.07) is 8.75. The van der Waals surface area contributed by atoms with Gasteiger partial charge >= 0.3 is 6.18 Å². The second-order valence-corrected chi connectivity index (χ2v) is 5.26. The van der Waals surface area contributed by atoms with E-state index in [1.807, 2.05) is 0 Å². The summed E-state index contributed by atoms with van der Waals surface area (Å²) in [7, 11) is 0. The van der Waals surface area contributed by atoms with Gasteiger partial charge in [0.15, 0.2) is 0 Å². The van der Waals surface area contributed by atoms with E-state index in [0.29, 0.717) is 5.56 Å². The SMILES string of the molecule is C[C@H](On1nnc2ccc(C(F)(F)F)cc21)c1cccc([N+](=O)[O-])c1. The number of non-ortho nitro benzene ring substituents is 1. The molecule has 0 aliphatic carbocycles. The van der Waals surface area contributed by atoms with Crippen molar-refractivity contribution in [1.29, 1.82) is 0 Å². The summed E-state index contributed by atoms with van der Waals surface area (Å²) in [5.41, 5.74) is -0.206. The number of alkyl halides is 3. The first-order valence-corrected chi connectivity index (χ1v) is 7.10. The van der Waals surface area contributed by atoms with Gasteiger partial charge in [0, 0.05) is 17.7 Å². The van der Waals surface area contributed by atoms with Gasteiger partial charge < -0.3 is 4.84 Å². The Kier molecular flexibility index (Phi) is 4.03. The molecule has 0 aliphatic rings. The van der Waals surface area contributed by atoms with Gasteiger partial charge in [0.1, 0.15) is 17.1 Å². The summed E-state index contributed by atoms with van der Waals surface area (Å²) >= 11 is 0. The third-order valence-corrected chi connectivity index (χ3v) is 3.55. The van der Waals surface area contributed by atoms with Crippen LogP contribution in [-0.2, 0) is 6.18 Å². The predicted molar refractivity (Wildman–Crippen MR) is 80.6 cm³/mol. The Balaban J connectivity index is 1.92. The topological polar surface area (TPSA) is 83.1 Å². The van der Waals surface area contributed by atoms with E-state index in [1.165, 1.54) is 24.3 Å². The number of aromatic nitrogens is 3. The van der Waals surface area contributed by atoms with Gasteiger partial charge in [-0.1, -0.05) is 17.0 Å². The first-order valence-electron chi connectivity index (χ1n) is 7.10. The molecule has 0 fully saturated rings. The lowest BCUT2D eigenvalue weighted by atomic mass is 10.1. The Labute approximate surface area is 138 Å². The van der Waals surface area contributed by atoms with E-state index in [0.717, 1.165) is 17.0 Å². The van der Waals surface area contributed by atoms with Crippen LogP contribution in [0, 0.1) is 10.1 Å². The summed E-state index contributed by atoms with van der Waals surface area (Å²) in [5, 5.41) is 18.3. The zero-order chi connectivity index (χ0) is 18.2. The standard InChI is InChI=1S/C15H11F3N4O3/c1-9(10-3-2-4-12(7-10)22(23)24)25-21-14-8-11(15(16,17)18)5-6-13(14)19-20-21/h2-9H,1H3/t9-/m0/s1. The Morgan fingerprint density at radius 2 is 2.00 bits per heavy atom. The third kappa shape index (κ3) is 3.37. The number of nitro groups is 1. The molecule has 1 heterocycles. The highest BCUT2D eigenvalue weighted by Crippen LogP contribution is 2.31. The van der Waals surface area contributed by atoms with Crippen molar-refractivity contribution in [3.8, 4) is 0 Å². The summed E-state index contributed by atoms with van der Waals surface area (Å²) in [5.74, 6) is 0. The van der Waals surface area contributed by atoms with E-state index in [1.54, 1.807) is 13.0 Å². The first-order chi connectivity index (χ1) is 11.8. The molecule has 25 heavy (non-hydrogen) atoms. The quantitative estimate of drug-likeness (QED) is 0.530. The van der Waals surface area contributed by atoms with Gasteiger partial charge in [-0.25, -0.2) is 0 Å². The molecule has 3 rings (SSSR count). The fourth-order valence-corrected chi connectivity index (χ4v) is 2.25. The number of fused-ring (bicyclic) bond motifs is 1. The van der Waals surface area contributed by atoms with Crippen molar-refractivity contribution in [2.45, 2.75) is 19.2 Å². The van der Waals surface area contributed by atoms with Gasteiger partial charge in [0.2, 0.25) is 0 Å². The number of nitro benzene ring substituents is 1. The van der Waals surface area contributed by atoms with E-state index in [9.17, 15) is 23.3 Å². The van der Waals surface area contributed by atoms with Crippen molar-refractivity contribution in [2.24, 2.45) is 0 Å². The minimum absolute atomic E-state index is 0.0482. The second-order valence-electron chi connectivity index (χ2n) is 5.26. The lowest BCUT2D eigenvalue weighted by Crippen LogP contribution is -2.17. The highest BCUT2D eigenvalue weighted by Gasteiger charge is 2.31. The van der Waals surface area contributed by atoms with Crippen LogP contribution in [0.4, 0.5) is 18.9 Å². The van der Waals surface area contributed by atoms with Crippen molar-refractivity contribution in [2.75, 3.05) is 0 Å².